The Morgan fingerprint density at radius 1 is 1.07 bits per heavy atom. The largest absolute Gasteiger partial charge is 0.493 e. The van der Waals surface area contributed by atoms with Crippen LogP contribution in [0.25, 0.3) is 21.6 Å². The van der Waals surface area contributed by atoms with Crippen LogP contribution in [0, 0.1) is 0 Å². The van der Waals surface area contributed by atoms with E-state index in [0.717, 1.165) is 16.0 Å². The zero-order valence-corrected chi connectivity index (χ0v) is 22.4. The smallest absolute Gasteiger partial charge is 0.355 e. The monoisotopic (exact) mass is 558 g/mol. The van der Waals surface area contributed by atoms with Gasteiger partial charge in [0.15, 0.2) is 11.5 Å². The summed E-state index contributed by atoms with van der Waals surface area (Å²) in [6, 6.07) is 8.29. The number of nitrogens with one attached hydrogen (secondary N) is 2. The normalized spacial score (nSPS) is 11.9. The molecule has 4 aromatic rings. The maximum Gasteiger partial charge on any atom is 0.355 e. The predicted octanol–water partition coefficient (Wildman–Crippen LogP) is 3.75. The molecule has 0 saturated heterocycles. The van der Waals surface area contributed by atoms with Crippen LogP contribution in [-0.4, -0.2) is 51.0 Å². The van der Waals surface area contributed by atoms with Crippen LogP contribution in [0.5, 0.6) is 5.75 Å². The number of carbonyl (C=O) groups is 3. The van der Waals surface area contributed by atoms with Gasteiger partial charge in [-0.25, -0.2) is 14.8 Å². The number of pyridine rings is 1. The molecule has 5 rings (SSSR count). The molecule has 0 fully saturated rings. The first-order chi connectivity index (χ1) is 19.4. The molecule has 1 aliphatic heterocycles. The van der Waals surface area contributed by atoms with Gasteiger partial charge in [-0.2, -0.15) is 0 Å². The number of thiophene rings is 1. The van der Waals surface area contributed by atoms with Gasteiger partial charge in [0.1, 0.15) is 11.4 Å². The third-order valence-electron chi connectivity index (χ3n) is 6.30. The maximum atomic E-state index is 13.7. The van der Waals surface area contributed by atoms with Gasteiger partial charge in [0.2, 0.25) is 0 Å². The van der Waals surface area contributed by atoms with Crippen molar-refractivity contribution in [1.82, 2.24) is 20.3 Å². The summed E-state index contributed by atoms with van der Waals surface area (Å²) in [6.45, 7) is 2.96. The molecular weight excluding hydrogens is 532 g/mol. The lowest BCUT2D eigenvalue weighted by atomic mass is 9.93. The van der Waals surface area contributed by atoms with Crippen LogP contribution < -0.4 is 21.1 Å². The molecule has 0 bridgehead atoms. The second kappa shape index (κ2) is 11.6. The lowest BCUT2D eigenvalue weighted by Gasteiger charge is -2.17. The standard InChI is InChI=1S/C28H26N6O5S/c1-2-7-30-27(36)21-4-3-17(24(33-21)28(37)38)18-11-22-20(25-15(5-8-39-22)6-9-40-25)10-19(18)26(35)34-23-14-31-16(12-29)13-32-23/h3-4,6,9-11,13-14H,2,5,7-8,12,29H2,1H3,(H,30,36)(H,37,38)(H,32,34,35). The van der Waals surface area contributed by atoms with Crippen molar-refractivity contribution in [2.75, 3.05) is 18.5 Å². The number of aromatic carboxylic acids is 1. The highest BCUT2D eigenvalue weighted by Gasteiger charge is 2.26. The first-order valence-electron chi connectivity index (χ1n) is 12.6. The number of nitrogens with zero attached hydrogens (tertiary/aromatic N) is 3. The van der Waals surface area contributed by atoms with E-state index in [-0.39, 0.29) is 40.4 Å². The number of rotatable bonds is 8. The Bertz CT molecular complexity index is 1600. The quantitative estimate of drug-likeness (QED) is 0.251. The van der Waals surface area contributed by atoms with Crippen LogP contribution in [0.15, 0.2) is 48.1 Å². The number of carboxylic acid groups (broad SMARTS) is 1. The molecule has 0 radical (unpaired) electrons. The van der Waals surface area contributed by atoms with Crippen molar-refractivity contribution >= 4 is 34.9 Å². The maximum absolute atomic E-state index is 13.7. The van der Waals surface area contributed by atoms with Crippen molar-refractivity contribution in [2.45, 2.75) is 26.3 Å². The highest BCUT2D eigenvalue weighted by molar-refractivity contribution is 7.13. The van der Waals surface area contributed by atoms with E-state index in [1.54, 1.807) is 12.1 Å². The van der Waals surface area contributed by atoms with Gasteiger partial charge in [0, 0.05) is 46.6 Å². The van der Waals surface area contributed by atoms with Crippen LogP contribution >= 0.6 is 11.3 Å². The molecular formula is C28H26N6O5S. The molecule has 0 aliphatic carbocycles. The van der Waals surface area contributed by atoms with E-state index in [1.807, 2.05) is 18.4 Å². The summed E-state index contributed by atoms with van der Waals surface area (Å²) in [5, 5.41) is 17.5. The third-order valence-corrected chi connectivity index (χ3v) is 7.29. The Labute approximate surface area is 233 Å². The number of hydrogen-bond acceptors (Lipinski definition) is 9. The van der Waals surface area contributed by atoms with E-state index in [4.69, 9.17) is 10.5 Å². The number of anilines is 1. The zero-order chi connectivity index (χ0) is 28.2. The molecule has 0 atom stereocenters. The molecule has 0 saturated carbocycles. The average Bonchev–Trinajstić information content (AvgIpc) is 3.37. The number of carbonyl (C=O) groups excluding carboxylic acids is 2. The minimum atomic E-state index is -1.34. The third kappa shape index (κ3) is 5.40. The summed E-state index contributed by atoms with van der Waals surface area (Å²) < 4.78 is 6.05. The second-order valence-corrected chi connectivity index (χ2v) is 9.89. The number of benzene rings is 1. The molecule has 12 heteroatoms. The summed E-state index contributed by atoms with van der Waals surface area (Å²) in [4.78, 5) is 52.0. The van der Waals surface area contributed by atoms with Gasteiger partial charge >= 0.3 is 5.97 Å². The zero-order valence-electron chi connectivity index (χ0n) is 21.6. The summed E-state index contributed by atoms with van der Waals surface area (Å²) in [7, 11) is 0. The van der Waals surface area contributed by atoms with E-state index in [1.165, 1.54) is 35.9 Å². The minimum absolute atomic E-state index is 0.0369. The lowest BCUT2D eigenvalue weighted by Crippen LogP contribution is -2.25. The van der Waals surface area contributed by atoms with E-state index in [2.05, 4.69) is 25.6 Å². The fraction of sp³-hybridized carbons (Fsp3) is 0.214. The number of amides is 2. The molecule has 11 nitrogen and oxygen atoms in total. The van der Waals surface area contributed by atoms with Crippen LogP contribution in [0.4, 0.5) is 5.82 Å². The van der Waals surface area contributed by atoms with Gasteiger partial charge in [-0.1, -0.05) is 6.92 Å². The van der Waals surface area contributed by atoms with Gasteiger partial charge in [-0.15, -0.1) is 11.3 Å². The summed E-state index contributed by atoms with van der Waals surface area (Å²) in [6.07, 6.45) is 4.27. The van der Waals surface area contributed by atoms with Crippen molar-refractivity contribution in [3.8, 4) is 27.3 Å². The highest BCUT2D eigenvalue weighted by Crippen LogP contribution is 2.43. The van der Waals surface area contributed by atoms with E-state index in [0.29, 0.717) is 37.4 Å². The molecule has 0 spiro atoms. The van der Waals surface area contributed by atoms with E-state index < -0.39 is 17.8 Å². The molecule has 204 valence electrons. The first-order valence-corrected chi connectivity index (χ1v) is 13.5. The predicted molar refractivity (Wildman–Crippen MR) is 150 cm³/mol. The van der Waals surface area contributed by atoms with Crippen LogP contribution in [0.3, 0.4) is 0 Å². The van der Waals surface area contributed by atoms with Gasteiger partial charge in [-0.3, -0.25) is 14.6 Å². The summed E-state index contributed by atoms with van der Waals surface area (Å²) in [5.41, 5.74) is 8.21. The number of aromatic nitrogens is 3. The molecule has 40 heavy (non-hydrogen) atoms. The van der Waals surface area contributed by atoms with Gasteiger partial charge in [-0.05, 0) is 47.7 Å². The van der Waals surface area contributed by atoms with Crippen molar-refractivity contribution in [1.29, 1.82) is 0 Å². The van der Waals surface area contributed by atoms with Gasteiger partial charge in [0.05, 0.1) is 24.7 Å². The fourth-order valence-electron chi connectivity index (χ4n) is 4.33. The molecule has 3 aromatic heterocycles. The number of fused-ring (bicyclic) bond motifs is 3. The lowest BCUT2D eigenvalue weighted by molar-refractivity contribution is 0.0691. The molecule has 1 aromatic carbocycles. The first kappa shape index (κ1) is 26.9. The Balaban J connectivity index is 1.65. The van der Waals surface area contributed by atoms with Crippen molar-refractivity contribution in [3.05, 3.63) is 76.3 Å². The summed E-state index contributed by atoms with van der Waals surface area (Å²) in [5.74, 6) is -1.64. The van der Waals surface area contributed by atoms with Gasteiger partial charge in [0.25, 0.3) is 11.8 Å². The minimum Gasteiger partial charge on any atom is -0.493 e. The van der Waals surface area contributed by atoms with Crippen LogP contribution in [-0.2, 0) is 13.0 Å². The number of nitrogens with two attached hydrogens (primary N) is 1. The fourth-order valence-corrected chi connectivity index (χ4v) is 5.31. The second-order valence-electron chi connectivity index (χ2n) is 8.97. The molecule has 4 heterocycles. The number of carboxylic acids is 1. The van der Waals surface area contributed by atoms with E-state index >= 15 is 0 Å². The Morgan fingerprint density at radius 2 is 1.93 bits per heavy atom. The van der Waals surface area contributed by atoms with Crippen molar-refractivity contribution in [3.63, 3.8) is 0 Å². The Kier molecular flexibility index (Phi) is 7.80. The highest BCUT2D eigenvalue weighted by atomic mass is 32.1. The van der Waals surface area contributed by atoms with Crippen LogP contribution in [0.1, 0.15) is 55.9 Å². The van der Waals surface area contributed by atoms with Crippen molar-refractivity contribution < 1.29 is 24.2 Å². The Morgan fingerprint density at radius 3 is 2.65 bits per heavy atom. The Hall–Kier alpha value is -4.68. The molecule has 1 aliphatic rings. The SMILES string of the molecule is CCCNC(=O)c1ccc(-c2cc3c(cc2C(=O)Nc2cnc(CN)cn2)-c2sccc2CCO3)c(C(=O)O)n1. The van der Waals surface area contributed by atoms with Crippen molar-refractivity contribution in [2.24, 2.45) is 5.73 Å². The average molecular weight is 559 g/mol. The number of hydrogen-bond donors (Lipinski definition) is 4. The molecule has 0 unspecified atom stereocenters. The topological polar surface area (TPSA) is 169 Å². The van der Waals surface area contributed by atoms with Gasteiger partial charge < -0.3 is 26.2 Å². The van der Waals surface area contributed by atoms with E-state index in [9.17, 15) is 19.5 Å². The summed E-state index contributed by atoms with van der Waals surface area (Å²) >= 11 is 1.53. The van der Waals surface area contributed by atoms with Crippen LogP contribution in [0.2, 0.25) is 0 Å². The molecule has 2 amide bonds. The molecule has 5 N–H and O–H groups in total. The number of ether oxygens (including phenoxy) is 1.